The summed E-state index contributed by atoms with van der Waals surface area (Å²) in [7, 11) is 0. The van der Waals surface area contributed by atoms with Gasteiger partial charge < -0.3 is 15.6 Å². The molecule has 1 aliphatic heterocycles. The Bertz CT molecular complexity index is 936. The van der Waals surface area contributed by atoms with Crippen LogP contribution in [0.5, 0.6) is 0 Å². The van der Waals surface area contributed by atoms with E-state index in [1.54, 1.807) is 0 Å². The van der Waals surface area contributed by atoms with Crippen LogP contribution in [0.4, 0.5) is 5.69 Å². The summed E-state index contributed by atoms with van der Waals surface area (Å²) in [4.78, 5) is 3.73. The second-order valence-electron chi connectivity index (χ2n) is 8.60. The molecule has 2 atom stereocenters. The maximum Gasteiger partial charge on any atom is 0.0734 e. The van der Waals surface area contributed by atoms with Crippen molar-refractivity contribution in [2.24, 2.45) is 0 Å². The van der Waals surface area contributed by atoms with E-state index in [0.717, 1.165) is 6.42 Å². The zero-order chi connectivity index (χ0) is 18.9. The third-order valence-electron chi connectivity index (χ3n) is 6.61. The number of rotatable bonds is 6. The molecule has 0 unspecified atom stereocenters. The van der Waals surface area contributed by atoms with Gasteiger partial charge in [-0.25, -0.2) is 0 Å². The van der Waals surface area contributed by atoms with Gasteiger partial charge in [0.05, 0.1) is 6.04 Å². The number of hydrogen-bond donors (Lipinski definition) is 3. The van der Waals surface area contributed by atoms with Crippen LogP contribution < -0.4 is 10.6 Å². The second-order valence-corrected chi connectivity index (χ2v) is 8.60. The van der Waals surface area contributed by atoms with Crippen LogP contribution in [0.2, 0.25) is 0 Å². The Morgan fingerprint density at radius 3 is 2.61 bits per heavy atom. The number of anilines is 1. The number of benzene rings is 2. The van der Waals surface area contributed by atoms with Crippen LogP contribution in [0.25, 0.3) is 10.9 Å². The molecule has 3 heteroatoms. The van der Waals surface area contributed by atoms with Crippen molar-refractivity contribution in [1.82, 2.24) is 10.3 Å². The van der Waals surface area contributed by atoms with Crippen LogP contribution >= 0.6 is 0 Å². The molecule has 3 N–H and O–H groups in total. The van der Waals surface area contributed by atoms with Crippen LogP contribution in [0.1, 0.15) is 68.3 Å². The number of nitrogens with one attached hydrogen (secondary N) is 3. The van der Waals surface area contributed by atoms with Gasteiger partial charge >= 0.3 is 0 Å². The van der Waals surface area contributed by atoms with Gasteiger partial charge in [-0.05, 0) is 61.4 Å². The van der Waals surface area contributed by atoms with Crippen molar-refractivity contribution in [2.45, 2.75) is 70.0 Å². The van der Waals surface area contributed by atoms with Crippen LogP contribution in [-0.2, 0) is 6.42 Å². The van der Waals surface area contributed by atoms with Gasteiger partial charge in [0.15, 0.2) is 0 Å². The van der Waals surface area contributed by atoms with Gasteiger partial charge in [0.25, 0.3) is 0 Å². The first-order chi connectivity index (χ1) is 13.8. The third kappa shape index (κ3) is 3.33. The normalized spacial score (nSPS) is 22.0. The van der Waals surface area contributed by atoms with Crippen LogP contribution in [0.3, 0.4) is 0 Å². The van der Waals surface area contributed by atoms with Crippen molar-refractivity contribution >= 4 is 16.6 Å². The lowest BCUT2D eigenvalue weighted by Crippen LogP contribution is -2.39. The molecule has 1 saturated carbocycles. The zero-order valence-corrected chi connectivity index (χ0v) is 16.8. The molecule has 146 valence electrons. The Morgan fingerprint density at radius 2 is 1.86 bits per heavy atom. The van der Waals surface area contributed by atoms with Gasteiger partial charge in [-0.1, -0.05) is 50.1 Å². The maximum absolute atomic E-state index is 3.95. The number of hydrogen-bond acceptors (Lipinski definition) is 2. The molecular weight excluding hydrogens is 342 g/mol. The standard InChI is InChI=1S/C25H31N3/c1-2-3-7-20-16-22-21-10-4-5-11-23(21)28-25(22)24(27-20)17-12-14-19(15-13-17)26-18-8-6-9-18/h4-5,10-15,18,20,24,26-28H,2-3,6-9,16H2,1H3/t20-,24-/m0/s1. The molecular formula is C25H31N3. The summed E-state index contributed by atoms with van der Waals surface area (Å²) in [5.41, 5.74) is 6.74. The summed E-state index contributed by atoms with van der Waals surface area (Å²) in [6, 6.07) is 19.4. The van der Waals surface area contributed by atoms with E-state index in [1.165, 1.54) is 71.9 Å². The van der Waals surface area contributed by atoms with E-state index >= 15 is 0 Å². The summed E-state index contributed by atoms with van der Waals surface area (Å²) in [6.45, 7) is 2.28. The molecule has 0 bridgehead atoms. The fourth-order valence-corrected chi connectivity index (χ4v) is 4.77. The number of unbranched alkanes of at least 4 members (excludes halogenated alkanes) is 1. The third-order valence-corrected chi connectivity index (χ3v) is 6.61. The number of H-pyrrole nitrogens is 1. The molecule has 3 nitrogen and oxygen atoms in total. The van der Waals surface area contributed by atoms with E-state index in [9.17, 15) is 0 Å². The van der Waals surface area contributed by atoms with E-state index in [4.69, 9.17) is 0 Å². The molecule has 1 fully saturated rings. The SMILES string of the molecule is CCCC[C@H]1Cc2c([nH]c3ccccc23)[C@H](c2ccc(NC3CCC3)cc2)N1. The van der Waals surface area contributed by atoms with Crippen LogP contribution in [0, 0.1) is 0 Å². The number of para-hydroxylation sites is 1. The summed E-state index contributed by atoms with van der Waals surface area (Å²) in [6.07, 6.45) is 8.89. The van der Waals surface area contributed by atoms with Crippen molar-refractivity contribution in [3.8, 4) is 0 Å². The van der Waals surface area contributed by atoms with Crippen LogP contribution in [-0.4, -0.2) is 17.1 Å². The Morgan fingerprint density at radius 1 is 1.04 bits per heavy atom. The van der Waals surface area contributed by atoms with E-state index in [0.29, 0.717) is 12.1 Å². The van der Waals surface area contributed by atoms with E-state index in [2.05, 4.69) is 71.1 Å². The summed E-state index contributed by atoms with van der Waals surface area (Å²) >= 11 is 0. The molecule has 28 heavy (non-hydrogen) atoms. The van der Waals surface area contributed by atoms with E-state index in [1.807, 2.05) is 0 Å². The van der Waals surface area contributed by atoms with Gasteiger partial charge in [-0.15, -0.1) is 0 Å². The molecule has 2 aromatic carbocycles. The van der Waals surface area contributed by atoms with Crippen molar-refractivity contribution in [1.29, 1.82) is 0 Å². The average molecular weight is 374 g/mol. The van der Waals surface area contributed by atoms with Gasteiger partial charge in [0.1, 0.15) is 0 Å². The quantitative estimate of drug-likeness (QED) is 0.501. The molecule has 0 saturated heterocycles. The maximum atomic E-state index is 3.95. The molecule has 2 heterocycles. The molecule has 2 aliphatic rings. The summed E-state index contributed by atoms with van der Waals surface area (Å²) in [5.74, 6) is 0. The Balaban J connectivity index is 1.47. The fraction of sp³-hybridized carbons (Fsp3) is 0.440. The minimum atomic E-state index is 0.246. The van der Waals surface area contributed by atoms with Crippen molar-refractivity contribution in [2.75, 3.05) is 5.32 Å². The van der Waals surface area contributed by atoms with Crippen molar-refractivity contribution < 1.29 is 0 Å². The topological polar surface area (TPSA) is 39.9 Å². The van der Waals surface area contributed by atoms with Gasteiger partial charge in [-0.3, -0.25) is 0 Å². The highest BCUT2D eigenvalue weighted by Gasteiger charge is 2.30. The Kier molecular flexibility index (Phi) is 4.86. The molecule has 3 aromatic rings. The van der Waals surface area contributed by atoms with Gasteiger partial charge in [0.2, 0.25) is 0 Å². The van der Waals surface area contributed by atoms with Gasteiger partial charge in [0, 0.05) is 34.4 Å². The zero-order valence-electron chi connectivity index (χ0n) is 16.8. The molecule has 1 aliphatic carbocycles. The number of fused-ring (bicyclic) bond motifs is 3. The molecule has 0 radical (unpaired) electrons. The highest BCUT2D eigenvalue weighted by molar-refractivity contribution is 5.85. The van der Waals surface area contributed by atoms with E-state index in [-0.39, 0.29) is 6.04 Å². The lowest BCUT2D eigenvalue weighted by Gasteiger charge is -2.32. The minimum Gasteiger partial charge on any atom is -0.382 e. The first-order valence-electron chi connectivity index (χ1n) is 11.0. The summed E-state index contributed by atoms with van der Waals surface area (Å²) < 4.78 is 0. The largest absolute Gasteiger partial charge is 0.382 e. The second kappa shape index (κ2) is 7.63. The Labute approximate surface area is 167 Å². The average Bonchev–Trinajstić information content (AvgIpc) is 3.08. The van der Waals surface area contributed by atoms with Gasteiger partial charge in [-0.2, -0.15) is 0 Å². The van der Waals surface area contributed by atoms with Crippen molar-refractivity contribution in [3.05, 3.63) is 65.4 Å². The predicted octanol–water partition coefficient (Wildman–Crippen LogP) is 5.93. The Hall–Kier alpha value is -2.26. The predicted molar refractivity (Wildman–Crippen MR) is 118 cm³/mol. The summed E-state index contributed by atoms with van der Waals surface area (Å²) in [5, 5.41) is 9.01. The van der Waals surface area contributed by atoms with Crippen LogP contribution in [0.15, 0.2) is 48.5 Å². The smallest absolute Gasteiger partial charge is 0.0734 e. The number of aromatic nitrogens is 1. The lowest BCUT2D eigenvalue weighted by atomic mass is 9.88. The molecule has 0 amide bonds. The highest BCUT2D eigenvalue weighted by Crippen LogP contribution is 2.36. The first kappa shape index (κ1) is 17.8. The monoisotopic (exact) mass is 373 g/mol. The van der Waals surface area contributed by atoms with E-state index < -0.39 is 0 Å². The fourth-order valence-electron chi connectivity index (χ4n) is 4.77. The minimum absolute atomic E-state index is 0.246. The molecule has 1 aromatic heterocycles. The lowest BCUT2D eigenvalue weighted by molar-refractivity contribution is 0.403. The number of aromatic amines is 1. The van der Waals surface area contributed by atoms with Crippen molar-refractivity contribution in [3.63, 3.8) is 0 Å². The molecule has 0 spiro atoms. The molecule has 5 rings (SSSR count). The first-order valence-corrected chi connectivity index (χ1v) is 11.0. The highest BCUT2D eigenvalue weighted by atomic mass is 15.0.